The molecule has 1 amide bonds. The summed E-state index contributed by atoms with van der Waals surface area (Å²) in [6.07, 6.45) is 2.86. The molecule has 0 spiro atoms. The molecular weight excluding hydrogens is 341 g/mol. The summed E-state index contributed by atoms with van der Waals surface area (Å²) in [5.41, 5.74) is 6.88. The SMILES string of the molecule is N[C@@H](Cc1ccc(NC(=O)c2c(Cl)cncc2Cl)cc1)C(=O)O. The van der Waals surface area contributed by atoms with Crippen LogP contribution in [0.5, 0.6) is 0 Å². The van der Waals surface area contributed by atoms with Crippen LogP contribution < -0.4 is 11.1 Å². The lowest BCUT2D eigenvalue weighted by Gasteiger charge is -2.10. The van der Waals surface area contributed by atoms with Gasteiger partial charge in [-0.15, -0.1) is 0 Å². The molecule has 1 aromatic carbocycles. The molecule has 2 rings (SSSR count). The maximum Gasteiger partial charge on any atom is 0.320 e. The van der Waals surface area contributed by atoms with Gasteiger partial charge in [-0.3, -0.25) is 14.6 Å². The van der Waals surface area contributed by atoms with Gasteiger partial charge < -0.3 is 16.2 Å². The number of anilines is 1. The van der Waals surface area contributed by atoms with Crippen LogP contribution in [0.15, 0.2) is 36.7 Å². The number of halogens is 2. The molecule has 0 fully saturated rings. The number of benzene rings is 1. The van der Waals surface area contributed by atoms with Crippen molar-refractivity contribution < 1.29 is 14.7 Å². The van der Waals surface area contributed by atoms with E-state index in [-0.39, 0.29) is 22.0 Å². The van der Waals surface area contributed by atoms with Crippen LogP contribution >= 0.6 is 23.2 Å². The first-order chi connectivity index (χ1) is 10.9. The highest BCUT2D eigenvalue weighted by molar-refractivity contribution is 6.40. The predicted octanol–water partition coefficient (Wildman–Crippen LogP) is 2.60. The van der Waals surface area contributed by atoms with Crippen molar-refractivity contribution in [3.8, 4) is 0 Å². The van der Waals surface area contributed by atoms with Gasteiger partial charge in [0.15, 0.2) is 0 Å². The normalized spacial score (nSPS) is 11.8. The molecule has 0 unspecified atom stereocenters. The first kappa shape index (κ1) is 17.2. The second-order valence-electron chi connectivity index (χ2n) is 4.78. The van der Waals surface area contributed by atoms with E-state index in [0.29, 0.717) is 5.69 Å². The van der Waals surface area contributed by atoms with Gasteiger partial charge in [-0.05, 0) is 24.1 Å². The van der Waals surface area contributed by atoms with E-state index < -0.39 is 17.9 Å². The third-order valence-corrected chi connectivity index (χ3v) is 3.64. The Bertz CT molecular complexity index is 715. The predicted molar refractivity (Wildman–Crippen MR) is 88.0 cm³/mol. The molecule has 0 saturated heterocycles. The van der Waals surface area contributed by atoms with E-state index >= 15 is 0 Å². The summed E-state index contributed by atoms with van der Waals surface area (Å²) in [7, 11) is 0. The molecule has 6 nitrogen and oxygen atoms in total. The first-order valence-corrected chi connectivity index (χ1v) is 7.31. The van der Waals surface area contributed by atoms with Crippen molar-refractivity contribution in [1.29, 1.82) is 0 Å². The Labute approximate surface area is 142 Å². The van der Waals surface area contributed by atoms with Gasteiger partial charge in [-0.1, -0.05) is 35.3 Å². The van der Waals surface area contributed by atoms with Crippen LogP contribution in [0.2, 0.25) is 10.0 Å². The highest BCUT2D eigenvalue weighted by atomic mass is 35.5. The summed E-state index contributed by atoms with van der Waals surface area (Å²) < 4.78 is 0. The average Bonchev–Trinajstić information content (AvgIpc) is 2.49. The topological polar surface area (TPSA) is 105 Å². The fourth-order valence-electron chi connectivity index (χ4n) is 1.89. The number of aliphatic carboxylic acids is 1. The Morgan fingerprint density at radius 2 is 1.74 bits per heavy atom. The van der Waals surface area contributed by atoms with Crippen LogP contribution in [-0.4, -0.2) is 28.0 Å². The smallest absolute Gasteiger partial charge is 0.320 e. The number of hydrogen-bond donors (Lipinski definition) is 3. The van der Waals surface area contributed by atoms with E-state index in [1.807, 2.05) is 0 Å². The Balaban J connectivity index is 2.09. The minimum absolute atomic E-state index is 0.139. The van der Waals surface area contributed by atoms with Gasteiger partial charge in [0, 0.05) is 18.1 Å². The summed E-state index contributed by atoms with van der Waals surface area (Å²) >= 11 is 11.9. The number of aromatic nitrogens is 1. The van der Waals surface area contributed by atoms with Gasteiger partial charge in [0.05, 0.1) is 15.6 Å². The molecule has 4 N–H and O–H groups in total. The van der Waals surface area contributed by atoms with Crippen LogP contribution in [0.3, 0.4) is 0 Å². The number of rotatable bonds is 5. The fraction of sp³-hybridized carbons (Fsp3) is 0.133. The standard InChI is InChI=1S/C15H13Cl2N3O3/c16-10-6-19-7-11(17)13(10)14(21)20-9-3-1-8(2-4-9)5-12(18)15(22)23/h1-4,6-7,12H,5,18H2,(H,20,21)(H,22,23)/t12-/m0/s1. The van der Waals surface area contributed by atoms with Gasteiger partial charge in [0.25, 0.3) is 5.91 Å². The number of carboxylic acids is 1. The van der Waals surface area contributed by atoms with E-state index in [4.69, 9.17) is 34.0 Å². The molecule has 0 aliphatic heterocycles. The minimum Gasteiger partial charge on any atom is -0.480 e. The zero-order chi connectivity index (χ0) is 17.0. The van der Waals surface area contributed by atoms with Gasteiger partial charge in [-0.2, -0.15) is 0 Å². The number of amides is 1. The van der Waals surface area contributed by atoms with Crippen molar-refractivity contribution in [2.45, 2.75) is 12.5 Å². The molecule has 2 aromatic rings. The lowest BCUT2D eigenvalue weighted by molar-refractivity contribution is -0.138. The number of nitrogens with one attached hydrogen (secondary N) is 1. The van der Waals surface area contributed by atoms with E-state index in [9.17, 15) is 9.59 Å². The van der Waals surface area contributed by atoms with E-state index in [1.54, 1.807) is 24.3 Å². The van der Waals surface area contributed by atoms with Gasteiger partial charge in [0.2, 0.25) is 0 Å². The van der Waals surface area contributed by atoms with Gasteiger partial charge in [-0.25, -0.2) is 0 Å². The monoisotopic (exact) mass is 353 g/mol. The molecule has 1 aromatic heterocycles. The summed E-state index contributed by atoms with van der Waals surface area (Å²) in [5, 5.41) is 11.7. The van der Waals surface area contributed by atoms with Gasteiger partial charge >= 0.3 is 5.97 Å². The largest absolute Gasteiger partial charge is 0.480 e. The summed E-state index contributed by atoms with van der Waals surface area (Å²) in [6, 6.07) is 5.70. The quantitative estimate of drug-likeness (QED) is 0.765. The summed E-state index contributed by atoms with van der Waals surface area (Å²) in [6.45, 7) is 0. The highest BCUT2D eigenvalue weighted by Gasteiger charge is 2.16. The Morgan fingerprint density at radius 1 is 1.17 bits per heavy atom. The number of carbonyl (C=O) groups is 2. The number of nitrogens with two attached hydrogens (primary N) is 1. The number of pyridine rings is 1. The van der Waals surface area contributed by atoms with Crippen molar-refractivity contribution >= 4 is 40.8 Å². The third kappa shape index (κ3) is 4.41. The number of carbonyl (C=O) groups excluding carboxylic acids is 1. The fourth-order valence-corrected chi connectivity index (χ4v) is 2.42. The molecule has 23 heavy (non-hydrogen) atoms. The molecule has 1 heterocycles. The lowest BCUT2D eigenvalue weighted by atomic mass is 10.1. The molecule has 0 aliphatic carbocycles. The van der Waals surface area contributed by atoms with Crippen LogP contribution in [0, 0.1) is 0 Å². The van der Waals surface area contributed by atoms with Crippen molar-refractivity contribution in [3.05, 3.63) is 57.8 Å². The second kappa shape index (κ2) is 7.41. The molecule has 0 aliphatic rings. The highest BCUT2D eigenvalue weighted by Crippen LogP contribution is 2.24. The number of nitrogens with zero attached hydrogens (tertiary/aromatic N) is 1. The van der Waals surface area contributed by atoms with Crippen molar-refractivity contribution in [3.63, 3.8) is 0 Å². The molecule has 8 heteroatoms. The molecule has 1 atom stereocenters. The van der Waals surface area contributed by atoms with Gasteiger partial charge in [0.1, 0.15) is 6.04 Å². The zero-order valence-electron chi connectivity index (χ0n) is 11.8. The average molecular weight is 354 g/mol. The number of hydrogen-bond acceptors (Lipinski definition) is 4. The third-order valence-electron chi connectivity index (χ3n) is 3.07. The first-order valence-electron chi connectivity index (χ1n) is 6.56. The Kier molecular flexibility index (Phi) is 5.54. The summed E-state index contributed by atoms with van der Waals surface area (Å²) in [4.78, 5) is 26.7. The van der Waals surface area contributed by atoms with E-state index in [2.05, 4.69) is 10.3 Å². The van der Waals surface area contributed by atoms with Crippen molar-refractivity contribution in [2.24, 2.45) is 5.73 Å². The van der Waals surface area contributed by atoms with Crippen LogP contribution in [0.1, 0.15) is 15.9 Å². The van der Waals surface area contributed by atoms with Crippen LogP contribution in [0.4, 0.5) is 5.69 Å². The number of carboxylic acid groups (broad SMARTS) is 1. The molecule has 120 valence electrons. The maximum absolute atomic E-state index is 12.2. The molecule has 0 bridgehead atoms. The Hall–Kier alpha value is -2.15. The van der Waals surface area contributed by atoms with Crippen LogP contribution in [-0.2, 0) is 11.2 Å². The Morgan fingerprint density at radius 3 is 2.26 bits per heavy atom. The minimum atomic E-state index is -1.07. The second-order valence-corrected chi connectivity index (χ2v) is 5.59. The van der Waals surface area contributed by atoms with E-state index in [1.165, 1.54) is 12.4 Å². The van der Waals surface area contributed by atoms with Crippen molar-refractivity contribution in [2.75, 3.05) is 5.32 Å². The van der Waals surface area contributed by atoms with Crippen molar-refractivity contribution in [1.82, 2.24) is 4.98 Å². The van der Waals surface area contributed by atoms with E-state index in [0.717, 1.165) is 5.56 Å². The molecular formula is C15H13Cl2N3O3. The van der Waals surface area contributed by atoms with Crippen LogP contribution in [0.25, 0.3) is 0 Å². The zero-order valence-corrected chi connectivity index (χ0v) is 13.3. The lowest BCUT2D eigenvalue weighted by Crippen LogP contribution is -2.32. The maximum atomic E-state index is 12.2. The summed E-state index contributed by atoms with van der Waals surface area (Å²) in [5.74, 6) is -1.53. The molecule has 0 saturated carbocycles. The molecule has 0 radical (unpaired) electrons.